The molecule has 1 N–H and O–H groups in total. The summed E-state index contributed by atoms with van der Waals surface area (Å²) < 4.78 is 5.50. The Morgan fingerprint density at radius 2 is 2.50 bits per heavy atom. The Bertz CT molecular complexity index is 334. The highest BCUT2D eigenvalue weighted by Crippen LogP contribution is 2.35. The van der Waals surface area contributed by atoms with Crippen molar-refractivity contribution in [3.63, 3.8) is 0 Å². The number of likely N-dealkylation sites (N-methyl/N-ethyl adjacent to an activating group) is 1. The number of nitrogens with zero attached hydrogens (tertiary/aromatic N) is 1. The maximum atomic E-state index is 5.50. The van der Waals surface area contributed by atoms with Crippen LogP contribution >= 0.6 is 0 Å². The van der Waals surface area contributed by atoms with E-state index in [1.807, 2.05) is 6.26 Å². The van der Waals surface area contributed by atoms with Crippen molar-refractivity contribution < 1.29 is 4.42 Å². The average Bonchev–Trinajstić information content (AvgIpc) is 2.65. The van der Waals surface area contributed by atoms with Crippen molar-refractivity contribution in [2.24, 2.45) is 0 Å². The Labute approximate surface area is 84.1 Å². The molecule has 0 spiro atoms. The van der Waals surface area contributed by atoms with Gasteiger partial charge in [0.2, 0.25) is 0 Å². The molecule has 76 valence electrons. The van der Waals surface area contributed by atoms with Gasteiger partial charge in [-0.15, -0.1) is 0 Å². The van der Waals surface area contributed by atoms with Crippen molar-refractivity contribution in [2.45, 2.75) is 24.9 Å². The lowest BCUT2D eigenvalue weighted by molar-refractivity contribution is 0.133. The van der Waals surface area contributed by atoms with Gasteiger partial charge in [-0.3, -0.25) is 4.90 Å². The zero-order valence-electron chi connectivity index (χ0n) is 8.49. The second kappa shape index (κ2) is 3.11. The fraction of sp³-hybridized carbons (Fsp3) is 0.636. The molecule has 2 unspecified atom stereocenters. The lowest BCUT2D eigenvalue weighted by atomic mass is 9.86. The van der Waals surface area contributed by atoms with Crippen molar-refractivity contribution >= 4 is 0 Å². The standard InChI is InChI=1S/C11H16N2O/c1-13-6-5-12-9-2-3-10-8(11(9)13)4-7-14-10/h4,7,9,11-12H,2-3,5-6H2,1H3. The second-order valence-electron chi connectivity index (χ2n) is 4.32. The van der Waals surface area contributed by atoms with Crippen LogP contribution in [0.4, 0.5) is 0 Å². The summed E-state index contributed by atoms with van der Waals surface area (Å²) >= 11 is 0. The quantitative estimate of drug-likeness (QED) is 0.669. The smallest absolute Gasteiger partial charge is 0.108 e. The first kappa shape index (κ1) is 8.50. The van der Waals surface area contributed by atoms with Gasteiger partial charge in [-0.1, -0.05) is 0 Å². The van der Waals surface area contributed by atoms with E-state index in [0.717, 1.165) is 19.5 Å². The normalized spacial score (nSPS) is 32.4. The van der Waals surface area contributed by atoms with Crippen LogP contribution < -0.4 is 5.32 Å². The SMILES string of the molecule is CN1CCNC2CCc3occc3C21. The average molecular weight is 192 g/mol. The number of hydrogen-bond donors (Lipinski definition) is 1. The van der Waals surface area contributed by atoms with E-state index in [0.29, 0.717) is 12.1 Å². The topological polar surface area (TPSA) is 28.4 Å². The molecule has 0 amide bonds. The van der Waals surface area contributed by atoms with Crippen LogP contribution in [0.15, 0.2) is 16.7 Å². The van der Waals surface area contributed by atoms with E-state index < -0.39 is 0 Å². The molecule has 3 rings (SSSR count). The van der Waals surface area contributed by atoms with Crippen LogP contribution in [0.5, 0.6) is 0 Å². The van der Waals surface area contributed by atoms with E-state index in [1.165, 1.54) is 17.7 Å². The highest BCUT2D eigenvalue weighted by atomic mass is 16.3. The van der Waals surface area contributed by atoms with Crippen LogP contribution in [0.1, 0.15) is 23.8 Å². The molecule has 0 saturated carbocycles. The molecular weight excluding hydrogens is 176 g/mol. The number of piperazine rings is 1. The van der Waals surface area contributed by atoms with Gasteiger partial charge < -0.3 is 9.73 Å². The third kappa shape index (κ3) is 1.12. The third-order valence-electron chi connectivity index (χ3n) is 3.51. The highest BCUT2D eigenvalue weighted by Gasteiger charge is 2.35. The molecule has 1 aliphatic heterocycles. The monoisotopic (exact) mass is 192 g/mol. The molecule has 1 fully saturated rings. The predicted molar refractivity (Wildman–Crippen MR) is 54.2 cm³/mol. The molecule has 2 aliphatic rings. The summed E-state index contributed by atoms with van der Waals surface area (Å²) in [5.41, 5.74) is 1.40. The molecule has 1 aliphatic carbocycles. The number of furan rings is 1. The van der Waals surface area contributed by atoms with Crippen LogP contribution in [0, 0.1) is 0 Å². The third-order valence-corrected chi connectivity index (χ3v) is 3.51. The number of rotatable bonds is 0. The van der Waals surface area contributed by atoms with E-state index in [-0.39, 0.29) is 0 Å². The molecule has 14 heavy (non-hydrogen) atoms. The molecule has 2 atom stereocenters. The minimum Gasteiger partial charge on any atom is -0.469 e. The molecule has 1 saturated heterocycles. The maximum absolute atomic E-state index is 5.50. The summed E-state index contributed by atoms with van der Waals surface area (Å²) in [6, 6.07) is 3.29. The summed E-state index contributed by atoms with van der Waals surface area (Å²) in [6.07, 6.45) is 4.12. The molecular formula is C11H16N2O. The first-order valence-corrected chi connectivity index (χ1v) is 5.36. The lowest BCUT2D eigenvalue weighted by Gasteiger charge is -2.42. The van der Waals surface area contributed by atoms with Gasteiger partial charge >= 0.3 is 0 Å². The maximum Gasteiger partial charge on any atom is 0.108 e. The summed E-state index contributed by atoms with van der Waals surface area (Å²) in [5, 5.41) is 3.60. The molecule has 3 heteroatoms. The van der Waals surface area contributed by atoms with E-state index in [2.05, 4.69) is 23.3 Å². The van der Waals surface area contributed by atoms with Gasteiger partial charge in [-0.25, -0.2) is 0 Å². The molecule has 1 aromatic rings. The van der Waals surface area contributed by atoms with Gasteiger partial charge in [0.05, 0.1) is 12.3 Å². The summed E-state index contributed by atoms with van der Waals surface area (Å²) in [4.78, 5) is 2.44. The summed E-state index contributed by atoms with van der Waals surface area (Å²) in [6.45, 7) is 2.25. The Morgan fingerprint density at radius 3 is 3.43 bits per heavy atom. The molecule has 0 radical (unpaired) electrons. The van der Waals surface area contributed by atoms with Crippen LogP contribution in [-0.4, -0.2) is 31.1 Å². The van der Waals surface area contributed by atoms with Gasteiger partial charge in [-0.2, -0.15) is 0 Å². The number of aryl methyl sites for hydroxylation is 1. The van der Waals surface area contributed by atoms with Gasteiger partial charge in [0.15, 0.2) is 0 Å². The Kier molecular flexibility index (Phi) is 1.89. The van der Waals surface area contributed by atoms with Crippen LogP contribution in [-0.2, 0) is 6.42 Å². The fourth-order valence-electron chi connectivity index (χ4n) is 2.80. The van der Waals surface area contributed by atoms with Crippen molar-refractivity contribution in [2.75, 3.05) is 20.1 Å². The van der Waals surface area contributed by atoms with Crippen molar-refractivity contribution in [3.8, 4) is 0 Å². The van der Waals surface area contributed by atoms with Crippen LogP contribution in [0.3, 0.4) is 0 Å². The minimum absolute atomic E-state index is 0.534. The first-order chi connectivity index (χ1) is 6.86. The fourth-order valence-corrected chi connectivity index (χ4v) is 2.80. The van der Waals surface area contributed by atoms with E-state index in [9.17, 15) is 0 Å². The number of nitrogens with one attached hydrogen (secondary N) is 1. The molecule has 1 aromatic heterocycles. The minimum atomic E-state index is 0.534. The largest absolute Gasteiger partial charge is 0.469 e. The molecule has 3 nitrogen and oxygen atoms in total. The molecule has 0 bridgehead atoms. The van der Waals surface area contributed by atoms with E-state index >= 15 is 0 Å². The van der Waals surface area contributed by atoms with Gasteiger partial charge in [-0.05, 0) is 19.5 Å². The molecule has 2 heterocycles. The van der Waals surface area contributed by atoms with Crippen LogP contribution in [0.25, 0.3) is 0 Å². The Balaban J connectivity index is 2.00. The van der Waals surface area contributed by atoms with E-state index in [4.69, 9.17) is 4.42 Å². The number of fused-ring (bicyclic) bond motifs is 3. The Morgan fingerprint density at radius 1 is 1.57 bits per heavy atom. The predicted octanol–water partition coefficient (Wildman–Crippen LogP) is 1.17. The Hall–Kier alpha value is -0.800. The highest BCUT2D eigenvalue weighted by molar-refractivity contribution is 5.27. The summed E-state index contributed by atoms with van der Waals surface area (Å²) in [5.74, 6) is 1.20. The van der Waals surface area contributed by atoms with Crippen molar-refractivity contribution in [3.05, 3.63) is 23.7 Å². The molecule has 0 aromatic carbocycles. The van der Waals surface area contributed by atoms with Gasteiger partial charge in [0.25, 0.3) is 0 Å². The lowest BCUT2D eigenvalue weighted by Crippen LogP contribution is -2.52. The van der Waals surface area contributed by atoms with Crippen molar-refractivity contribution in [1.29, 1.82) is 0 Å². The summed E-state index contributed by atoms with van der Waals surface area (Å²) in [7, 11) is 2.21. The zero-order chi connectivity index (χ0) is 9.54. The number of hydrogen-bond acceptors (Lipinski definition) is 3. The second-order valence-corrected chi connectivity index (χ2v) is 4.32. The zero-order valence-corrected chi connectivity index (χ0v) is 8.49. The van der Waals surface area contributed by atoms with Gasteiger partial charge in [0, 0.05) is 31.1 Å². The van der Waals surface area contributed by atoms with E-state index in [1.54, 1.807) is 0 Å². The first-order valence-electron chi connectivity index (χ1n) is 5.36. The van der Waals surface area contributed by atoms with Crippen molar-refractivity contribution in [1.82, 2.24) is 10.2 Å². The van der Waals surface area contributed by atoms with Gasteiger partial charge in [0.1, 0.15) is 5.76 Å². The van der Waals surface area contributed by atoms with Crippen LogP contribution in [0.2, 0.25) is 0 Å².